The van der Waals surface area contributed by atoms with E-state index < -0.39 is 0 Å². The topological polar surface area (TPSA) is 18.5 Å². The molecule has 20 heavy (non-hydrogen) atoms. The first-order valence-electron chi connectivity index (χ1n) is 6.97. The zero-order valence-electron chi connectivity index (χ0n) is 12.0. The molecule has 0 fully saturated rings. The maximum Gasteiger partial charge on any atom is 0.287 e. The molecule has 0 aliphatic heterocycles. The highest BCUT2D eigenvalue weighted by Crippen LogP contribution is 2.28. The van der Waals surface area contributed by atoms with Crippen molar-refractivity contribution >= 4 is 5.57 Å². The van der Waals surface area contributed by atoms with E-state index in [-0.39, 0.29) is 0 Å². The molecular weight excluding hydrogens is 248 g/mol. The van der Waals surface area contributed by atoms with Crippen molar-refractivity contribution in [1.29, 1.82) is 0 Å². The van der Waals surface area contributed by atoms with Gasteiger partial charge in [-0.1, -0.05) is 60.7 Å². The lowest BCUT2D eigenvalue weighted by Gasteiger charge is -2.16. The van der Waals surface area contributed by atoms with Gasteiger partial charge in [-0.3, -0.25) is 0 Å². The number of ether oxygens (including phenoxy) is 2. The maximum absolute atomic E-state index is 5.71. The Labute approximate surface area is 120 Å². The van der Waals surface area contributed by atoms with Gasteiger partial charge in [-0.05, 0) is 25.0 Å². The summed E-state index contributed by atoms with van der Waals surface area (Å²) in [5.41, 5.74) is 3.18. The van der Waals surface area contributed by atoms with Crippen molar-refractivity contribution in [3.8, 4) is 0 Å². The Morgan fingerprint density at radius 3 is 1.45 bits per heavy atom. The van der Waals surface area contributed by atoms with Crippen LogP contribution < -0.4 is 0 Å². The molecule has 2 rings (SSSR count). The fraction of sp³-hybridized carbons (Fsp3) is 0.222. The number of hydrogen-bond donors (Lipinski definition) is 0. The lowest BCUT2D eigenvalue weighted by atomic mass is 9.99. The largest absolute Gasteiger partial charge is 0.465 e. The minimum Gasteiger partial charge on any atom is -0.465 e. The molecule has 0 radical (unpaired) electrons. The fourth-order valence-corrected chi connectivity index (χ4v) is 2.06. The van der Waals surface area contributed by atoms with Crippen LogP contribution in [-0.4, -0.2) is 13.2 Å². The Bertz CT molecular complexity index is 495. The average Bonchev–Trinajstić information content (AvgIpc) is 2.50. The second-order valence-electron chi connectivity index (χ2n) is 4.26. The van der Waals surface area contributed by atoms with Crippen molar-refractivity contribution in [1.82, 2.24) is 0 Å². The van der Waals surface area contributed by atoms with Crippen molar-refractivity contribution in [2.75, 3.05) is 13.2 Å². The molecule has 2 heteroatoms. The monoisotopic (exact) mass is 268 g/mol. The summed E-state index contributed by atoms with van der Waals surface area (Å²) >= 11 is 0. The predicted octanol–water partition coefficient (Wildman–Crippen LogP) is 4.48. The van der Waals surface area contributed by atoms with E-state index in [0.717, 1.165) is 16.7 Å². The molecule has 0 amide bonds. The summed E-state index contributed by atoms with van der Waals surface area (Å²) < 4.78 is 11.4. The quantitative estimate of drug-likeness (QED) is 0.719. The van der Waals surface area contributed by atoms with Gasteiger partial charge in [0.05, 0.1) is 18.8 Å². The van der Waals surface area contributed by atoms with E-state index >= 15 is 0 Å². The Morgan fingerprint density at radius 2 is 1.10 bits per heavy atom. The molecule has 0 aliphatic carbocycles. The van der Waals surface area contributed by atoms with E-state index in [4.69, 9.17) is 9.47 Å². The van der Waals surface area contributed by atoms with Gasteiger partial charge in [-0.25, -0.2) is 0 Å². The Hall–Kier alpha value is -2.22. The van der Waals surface area contributed by atoms with Crippen LogP contribution in [0.5, 0.6) is 0 Å². The van der Waals surface area contributed by atoms with Crippen LogP contribution in [-0.2, 0) is 9.47 Å². The summed E-state index contributed by atoms with van der Waals surface area (Å²) in [6.07, 6.45) is 0. The van der Waals surface area contributed by atoms with Crippen molar-refractivity contribution < 1.29 is 9.47 Å². The highest BCUT2D eigenvalue weighted by molar-refractivity contribution is 5.80. The lowest BCUT2D eigenvalue weighted by molar-refractivity contribution is 0.0493. The minimum absolute atomic E-state index is 0.582. The maximum atomic E-state index is 5.71. The first-order chi connectivity index (χ1) is 9.86. The molecule has 0 aromatic heterocycles. The molecule has 2 aromatic carbocycles. The van der Waals surface area contributed by atoms with E-state index in [2.05, 4.69) is 24.3 Å². The number of benzene rings is 2. The third-order valence-corrected chi connectivity index (χ3v) is 2.88. The molecule has 2 aromatic rings. The van der Waals surface area contributed by atoms with Crippen LogP contribution in [0.4, 0.5) is 0 Å². The molecule has 104 valence electrons. The summed E-state index contributed by atoms with van der Waals surface area (Å²) in [4.78, 5) is 0. The van der Waals surface area contributed by atoms with Crippen LogP contribution in [0.15, 0.2) is 66.6 Å². The average molecular weight is 268 g/mol. The zero-order valence-corrected chi connectivity index (χ0v) is 12.0. The van der Waals surface area contributed by atoms with E-state index in [0.29, 0.717) is 19.2 Å². The fourth-order valence-electron chi connectivity index (χ4n) is 2.06. The summed E-state index contributed by atoms with van der Waals surface area (Å²) in [6, 6.07) is 20.4. The molecule has 0 atom stereocenters. The Balaban J connectivity index is 2.56. The van der Waals surface area contributed by atoms with Crippen LogP contribution in [0, 0.1) is 0 Å². The molecule has 0 saturated carbocycles. The Kier molecular flexibility index (Phi) is 5.24. The smallest absolute Gasteiger partial charge is 0.287 e. The molecule has 0 heterocycles. The molecule has 0 unspecified atom stereocenters. The van der Waals surface area contributed by atoms with Gasteiger partial charge in [0, 0.05) is 0 Å². The zero-order chi connectivity index (χ0) is 14.2. The van der Waals surface area contributed by atoms with E-state index in [9.17, 15) is 0 Å². The predicted molar refractivity (Wildman–Crippen MR) is 82.2 cm³/mol. The van der Waals surface area contributed by atoms with Crippen molar-refractivity contribution in [3.63, 3.8) is 0 Å². The van der Waals surface area contributed by atoms with Crippen LogP contribution in [0.2, 0.25) is 0 Å². The SMILES string of the molecule is CCOC(OCC)=C(c1ccccc1)c1ccccc1. The second kappa shape index (κ2) is 7.39. The number of hydrogen-bond acceptors (Lipinski definition) is 2. The van der Waals surface area contributed by atoms with Crippen molar-refractivity contribution in [3.05, 3.63) is 77.7 Å². The molecule has 2 nitrogen and oxygen atoms in total. The third kappa shape index (κ3) is 3.41. The first kappa shape index (κ1) is 14.2. The van der Waals surface area contributed by atoms with Crippen molar-refractivity contribution in [2.45, 2.75) is 13.8 Å². The van der Waals surface area contributed by atoms with E-state index in [1.807, 2.05) is 50.2 Å². The molecule has 0 saturated heterocycles. The molecule has 0 N–H and O–H groups in total. The number of rotatable bonds is 6. The minimum atomic E-state index is 0.582. The molecule has 0 aliphatic rings. The summed E-state index contributed by atoms with van der Waals surface area (Å²) in [5.74, 6) is 0.590. The third-order valence-electron chi connectivity index (χ3n) is 2.88. The lowest BCUT2D eigenvalue weighted by Crippen LogP contribution is -2.03. The van der Waals surface area contributed by atoms with Gasteiger partial charge >= 0.3 is 0 Å². The molecule has 0 spiro atoms. The first-order valence-corrected chi connectivity index (χ1v) is 6.97. The summed E-state index contributed by atoms with van der Waals surface area (Å²) in [6.45, 7) is 5.09. The van der Waals surface area contributed by atoms with Crippen molar-refractivity contribution in [2.24, 2.45) is 0 Å². The second-order valence-corrected chi connectivity index (χ2v) is 4.26. The highest BCUT2D eigenvalue weighted by atomic mass is 16.7. The van der Waals surface area contributed by atoms with Crippen LogP contribution >= 0.6 is 0 Å². The van der Waals surface area contributed by atoms with Gasteiger partial charge in [-0.2, -0.15) is 0 Å². The molecule has 0 bridgehead atoms. The van der Waals surface area contributed by atoms with Gasteiger partial charge in [0.15, 0.2) is 0 Å². The molecular formula is C18H20O2. The van der Waals surface area contributed by atoms with Gasteiger partial charge < -0.3 is 9.47 Å². The summed E-state index contributed by atoms with van der Waals surface area (Å²) in [5, 5.41) is 0. The Morgan fingerprint density at radius 1 is 0.700 bits per heavy atom. The van der Waals surface area contributed by atoms with Gasteiger partial charge in [-0.15, -0.1) is 0 Å². The summed E-state index contributed by atoms with van der Waals surface area (Å²) in [7, 11) is 0. The van der Waals surface area contributed by atoms with Crippen LogP contribution in [0.3, 0.4) is 0 Å². The van der Waals surface area contributed by atoms with Gasteiger partial charge in [0.2, 0.25) is 0 Å². The standard InChI is InChI=1S/C18H20O2/c1-3-19-18(20-4-2)17(15-11-7-5-8-12-15)16-13-9-6-10-14-16/h5-14H,3-4H2,1-2H3. The van der Waals surface area contributed by atoms with Gasteiger partial charge in [0.1, 0.15) is 0 Å². The van der Waals surface area contributed by atoms with Crippen LogP contribution in [0.1, 0.15) is 25.0 Å². The van der Waals surface area contributed by atoms with E-state index in [1.54, 1.807) is 0 Å². The van der Waals surface area contributed by atoms with Gasteiger partial charge in [0.25, 0.3) is 5.95 Å². The normalized spacial score (nSPS) is 9.90. The van der Waals surface area contributed by atoms with E-state index in [1.165, 1.54) is 0 Å². The highest BCUT2D eigenvalue weighted by Gasteiger charge is 2.14. The van der Waals surface area contributed by atoms with Crippen LogP contribution in [0.25, 0.3) is 5.57 Å².